The molecule has 119 valence electrons. The van der Waals surface area contributed by atoms with Crippen molar-refractivity contribution in [3.05, 3.63) is 71.8 Å². The van der Waals surface area contributed by atoms with Gasteiger partial charge >= 0.3 is 139 Å². The number of rotatable bonds is 6. The van der Waals surface area contributed by atoms with Gasteiger partial charge < -0.3 is 0 Å². The average molecular weight is 547 g/mol. The summed E-state index contributed by atoms with van der Waals surface area (Å²) in [5.74, 6) is 0. The Bertz CT molecular complexity index is 622. The summed E-state index contributed by atoms with van der Waals surface area (Å²) >= 11 is -5.69. The second kappa shape index (κ2) is 5.12. The third-order valence-electron chi connectivity index (χ3n) is 7.15. The Hall–Kier alpha value is 0.245. The first kappa shape index (κ1) is 18.6. The van der Waals surface area contributed by atoms with E-state index in [0.29, 0.717) is 15.7 Å². The molecule has 0 atom stereocenters. The summed E-state index contributed by atoms with van der Waals surface area (Å²) in [5.41, 5.74) is 2.24. The minimum absolute atomic E-state index is 0.575. The summed E-state index contributed by atoms with van der Waals surface area (Å²) in [6.45, 7) is 4.10. The molecule has 0 aliphatic heterocycles. The van der Waals surface area contributed by atoms with Crippen molar-refractivity contribution >= 4 is 24.7 Å². The predicted molar refractivity (Wildman–Crippen MR) is 98.8 cm³/mol. The van der Waals surface area contributed by atoms with Crippen LogP contribution in [-0.2, 0) is 21.0 Å². The van der Waals surface area contributed by atoms with Crippen molar-refractivity contribution in [3.8, 4) is 0 Å². The van der Waals surface area contributed by atoms with Crippen molar-refractivity contribution < 1.29 is 13.1 Å². The molecule has 2 aromatic rings. The molecule has 0 heterocycles. The van der Waals surface area contributed by atoms with Gasteiger partial charge in [-0.25, -0.2) is 0 Å². The fraction of sp³-hybridized carbons (Fsp3) is 0.333. The molecule has 2 rings (SSSR count). The van der Waals surface area contributed by atoms with E-state index in [4.69, 9.17) is 24.7 Å². The van der Waals surface area contributed by atoms with Crippen LogP contribution in [0.4, 0.5) is 0 Å². The van der Waals surface area contributed by atoms with Gasteiger partial charge in [0.15, 0.2) is 0 Å². The molecule has 0 fully saturated rings. The summed E-state index contributed by atoms with van der Waals surface area (Å²) in [6.07, 6.45) is 0. The second-order valence-electron chi connectivity index (χ2n) is 9.16. The SMILES string of the molecule is C[CH2][Hg]([Cl])([Cl])([Cl])([CH2]C)([CH2]c1ccccc1)[CH2]c1ccccc1. The average Bonchev–Trinajstić information content (AvgIpc) is 2.49. The molecule has 0 unspecified atom stereocenters. The predicted octanol–water partition coefficient (Wildman–Crippen LogP) is 7.49. The van der Waals surface area contributed by atoms with Gasteiger partial charge in [0, 0.05) is 0 Å². The second-order valence-corrected chi connectivity index (χ2v) is 118. The zero-order valence-corrected chi connectivity index (χ0v) is 21.2. The zero-order valence-electron chi connectivity index (χ0n) is 13.4. The van der Waals surface area contributed by atoms with Gasteiger partial charge in [0.1, 0.15) is 0 Å². The van der Waals surface area contributed by atoms with Gasteiger partial charge in [0.05, 0.1) is 0 Å². The molecular formula is C18H24Cl3Hg. The Kier molecular flexibility index (Phi) is 4.32. The molecule has 0 radical (unpaired) electrons. The Labute approximate surface area is 138 Å². The standard InChI is InChI=1S/2C7H7.2C2H5.3ClH.Hg/c2*1-7-5-3-2-4-6-7;2*1-2;;;;/h2*2-6H,1H2;2*1H2,2H3;3*1H;/q;;;;;;;+3/p-3. The summed E-state index contributed by atoms with van der Waals surface area (Å²) in [4.78, 5) is 0. The van der Waals surface area contributed by atoms with Crippen LogP contribution >= 0.6 is 24.7 Å². The Morgan fingerprint density at radius 2 is 0.955 bits per heavy atom. The van der Waals surface area contributed by atoms with Gasteiger partial charge in [0.2, 0.25) is 0 Å². The topological polar surface area (TPSA) is 0 Å². The zero-order chi connectivity index (χ0) is 16.4. The quantitative estimate of drug-likeness (QED) is 0.329. The molecule has 0 amide bonds. The van der Waals surface area contributed by atoms with Crippen molar-refractivity contribution in [2.45, 2.75) is 29.6 Å². The van der Waals surface area contributed by atoms with Crippen molar-refractivity contribution in [2.75, 3.05) is 0 Å². The molecule has 2 aromatic carbocycles. The fourth-order valence-electron chi connectivity index (χ4n) is 4.32. The first-order valence-electron chi connectivity index (χ1n) is 8.74. The molecule has 0 bridgehead atoms. The molecule has 0 aliphatic carbocycles. The molecule has 0 saturated carbocycles. The molecular weight excluding hydrogens is 523 g/mol. The maximum atomic E-state index is 7.48. The van der Waals surface area contributed by atoms with Crippen LogP contribution in [0.5, 0.6) is 0 Å². The third kappa shape index (κ3) is 3.83. The van der Waals surface area contributed by atoms with Crippen molar-refractivity contribution in [1.29, 1.82) is 0 Å². The van der Waals surface area contributed by atoms with Gasteiger partial charge in [0.25, 0.3) is 0 Å². The maximum absolute atomic E-state index is 7.48. The summed E-state index contributed by atoms with van der Waals surface area (Å²) < 4.78 is 2.41. The molecule has 0 N–H and O–H groups in total. The van der Waals surface area contributed by atoms with E-state index in [9.17, 15) is 0 Å². The van der Waals surface area contributed by atoms with Crippen LogP contribution in [0.1, 0.15) is 25.0 Å². The van der Waals surface area contributed by atoms with Crippen LogP contribution in [0, 0.1) is 0 Å². The molecule has 0 nitrogen and oxygen atoms in total. The summed E-state index contributed by atoms with van der Waals surface area (Å²) in [7, 11) is 22.5. The Morgan fingerprint density at radius 3 is 1.23 bits per heavy atom. The van der Waals surface area contributed by atoms with Crippen molar-refractivity contribution in [2.24, 2.45) is 0 Å². The van der Waals surface area contributed by atoms with Crippen LogP contribution in [0.2, 0.25) is 7.86 Å². The molecule has 0 aliphatic rings. The number of benzene rings is 2. The van der Waals surface area contributed by atoms with Crippen LogP contribution in [0.25, 0.3) is 0 Å². The van der Waals surface area contributed by atoms with Crippen molar-refractivity contribution in [1.82, 2.24) is 0 Å². The van der Waals surface area contributed by atoms with Crippen LogP contribution < -0.4 is 0 Å². The number of hydrogen-bond acceptors (Lipinski definition) is 0. The Balaban J connectivity index is 2.60. The van der Waals surface area contributed by atoms with E-state index in [2.05, 4.69) is 38.1 Å². The molecule has 4 heteroatoms. The summed E-state index contributed by atoms with van der Waals surface area (Å²) in [6, 6.07) is 20.3. The summed E-state index contributed by atoms with van der Waals surface area (Å²) in [5, 5.41) is 0. The van der Waals surface area contributed by atoms with Crippen LogP contribution in [-0.4, -0.2) is 0 Å². The van der Waals surface area contributed by atoms with E-state index in [1.54, 1.807) is 0 Å². The monoisotopic (exact) mass is 547 g/mol. The molecule has 22 heavy (non-hydrogen) atoms. The van der Waals surface area contributed by atoms with Gasteiger partial charge in [-0.1, -0.05) is 0 Å². The fourth-order valence-corrected chi connectivity index (χ4v) is 41.9. The molecule has 0 saturated heterocycles. The number of hydrogen-bond donors (Lipinski definition) is 0. The minimum atomic E-state index is -5.69. The van der Waals surface area contributed by atoms with Gasteiger partial charge in [-0.2, -0.15) is 0 Å². The normalized spacial score (nSPS) is 17.0. The van der Waals surface area contributed by atoms with Gasteiger partial charge in [-0.15, -0.1) is 0 Å². The van der Waals surface area contributed by atoms with Gasteiger partial charge in [-0.05, 0) is 0 Å². The van der Waals surface area contributed by atoms with E-state index < -0.39 is 13.1 Å². The van der Waals surface area contributed by atoms with E-state index in [-0.39, 0.29) is 0 Å². The van der Waals surface area contributed by atoms with Crippen LogP contribution in [0.3, 0.4) is 0 Å². The van der Waals surface area contributed by atoms with E-state index >= 15 is 0 Å². The van der Waals surface area contributed by atoms with Crippen LogP contribution in [0.15, 0.2) is 60.7 Å². The van der Waals surface area contributed by atoms with Crippen molar-refractivity contribution in [3.63, 3.8) is 0 Å². The third-order valence-corrected chi connectivity index (χ3v) is 79.4. The van der Waals surface area contributed by atoms with E-state index in [1.165, 1.54) is 0 Å². The van der Waals surface area contributed by atoms with E-state index in [1.807, 2.05) is 36.4 Å². The first-order chi connectivity index (χ1) is 10.1. The molecule has 0 spiro atoms. The first-order valence-corrected chi connectivity index (χ1v) is 44.6. The number of halogens is 3. The molecule has 0 aromatic heterocycles. The van der Waals surface area contributed by atoms with E-state index in [0.717, 1.165) is 11.1 Å². The van der Waals surface area contributed by atoms with Gasteiger partial charge in [-0.3, -0.25) is 0 Å². The Morgan fingerprint density at radius 1 is 0.636 bits per heavy atom.